The van der Waals surface area contributed by atoms with Crippen molar-refractivity contribution in [3.8, 4) is 17.0 Å². The summed E-state index contributed by atoms with van der Waals surface area (Å²) in [6.45, 7) is 2.99. The van der Waals surface area contributed by atoms with Crippen LogP contribution in [0.1, 0.15) is 25.0 Å². The number of benzene rings is 2. The van der Waals surface area contributed by atoms with Gasteiger partial charge in [0.2, 0.25) is 5.91 Å². The maximum atomic E-state index is 13.6. The Morgan fingerprint density at radius 3 is 2.84 bits per heavy atom. The van der Waals surface area contributed by atoms with Crippen molar-refractivity contribution in [1.29, 1.82) is 0 Å². The molecule has 2 aliphatic heterocycles. The summed E-state index contributed by atoms with van der Waals surface area (Å²) < 4.78 is 25.1. The van der Waals surface area contributed by atoms with E-state index in [0.717, 1.165) is 42.9 Å². The van der Waals surface area contributed by atoms with Crippen LogP contribution in [-0.2, 0) is 11.3 Å². The van der Waals surface area contributed by atoms with E-state index in [9.17, 15) is 9.18 Å². The van der Waals surface area contributed by atoms with Crippen molar-refractivity contribution < 1.29 is 18.4 Å². The van der Waals surface area contributed by atoms with Crippen LogP contribution in [0.5, 0.6) is 5.75 Å². The number of ether oxygens (including phenoxy) is 1. The van der Waals surface area contributed by atoms with Gasteiger partial charge in [-0.3, -0.25) is 9.69 Å². The van der Waals surface area contributed by atoms with Gasteiger partial charge in [0.1, 0.15) is 17.3 Å². The highest BCUT2D eigenvalue weighted by atomic mass is 19.1. The molecule has 32 heavy (non-hydrogen) atoms. The third-order valence-electron chi connectivity index (χ3n) is 6.39. The van der Waals surface area contributed by atoms with E-state index in [2.05, 4.69) is 15.4 Å². The molecule has 1 N–H and O–H groups in total. The number of rotatable bonds is 3. The Bertz CT molecular complexity index is 1090. The number of carbonyl (C=O) groups excluding carboxylic acids is 1. The number of hydrogen-bond acceptors (Lipinski definition) is 5. The number of nitrogens with zero attached hydrogens (tertiary/aromatic N) is 2. The maximum Gasteiger partial charge on any atom is 0.224 e. The maximum absolute atomic E-state index is 13.6. The first-order chi connectivity index (χ1) is 15.6. The van der Waals surface area contributed by atoms with Crippen LogP contribution in [0.4, 0.5) is 10.1 Å². The molecule has 3 heterocycles. The molecule has 2 atom stereocenters. The van der Waals surface area contributed by atoms with Crippen molar-refractivity contribution in [2.75, 3.05) is 25.0 Å². The summed E-state index contributed by atoms with van der Waals surface area (Å²) >= 11 is 0. The van der Waals surface area contributed by atoms with Crippen LogP contribution in [0.2, 0.25) is 0 Å². The summed E-state index contributed by atoms with van der Waals surface area (Å²) in [6.07, 6.45) is 2.21. The van der Waals surface area contributed by atoms with E-state index in [1.54, 1.807) is 6.07 Å². The average Bonchev–Trinajstić information content (AvgIpc) is 3.26. The fraction of sp³-hybridized carbons (Fsp3) is 0.360. The minimum absolute atomic E-state index is 0.0893. The molecule has 5 rings (SSSR count). The molecule has 2 aromatic carbocycles. The van der Waals surface area contributed by atoms with Crippen molar-refractivity contribution in [3.63, 3.8) is 0 Å². The van der Waals surface area contributed by atoms with Crippen LogP contribution in [0, 0.1) is 17.7 Å². The largest absolute Gasteiger partial charge is 0.491 e. The monoisotopic (exact) mass is 435 g/mol. The van der Waals surface area contributed by atoms with Gasteiger partial charge in [-0.2, -0.15) is 0 Å². The predicted octanol–water partition coefficient (Wildman–Crippen LogP) is 4.73. The van der Waals surface area contributed by atoms with Crippen LogP contribution >= 0.6 is 0 Å². The molecule has 1 aromatic heterocycles. The van der Waals surface area contributed by atoms with Crippen LogP contribution in [-0.4, -0.2) is 35.7 Å². The van der Waals surface area contributed by atoms with Gasteiger partial charge in [0.25, 0.3) is 0 Å². The summed E-state index contributed by atoms with van der Waals surface area (Å²) in [6, 6.07) is 16.2. The van der Waals surface area contributed by atoms with E-state index < -0.39 is 5.82 Å². The molecular weight excluding hydrogens is 409 g/mol. The Morgan fingerprint density at radius 2 is 1.97 bits per heavy atom. The van der Waals surface area contributed by atoms with Crippen LogP contribution in [0.15, 0.2) is 59.1 Å². The van der Waals surface area contributed by atoms with E-state index in [1.165, 1.54) is 12.1 Å². The van der Waals surface area contributed by atoms with Crippen molar-refractivity contribution in [1.82, 2.24) is 10.1 Å². The third-order valence-corrected chi connectivity index (χ3v) is 6.39. The lowest BCUT2D eigenvalue weighted by Crippen LogP contribution is -2.42. The summed E-state index contributed by atoms with van der Waals surface area (Å²) in [5.41, 5.74) is 2.29. The van der Waals surface area contributed by atoms with Gasteiger partial charge in [-0.15, -0.1) is 0 Å². The van der Waals surface area contributed by atoms with Crippen molar-refractivity contribution in [3.05, 3.63) is 66.2 Å². The summed E-state index contributed by atoms with van der Waals surface area (Å²) in [5, 5.41) is 7.05. The van der Waals surface area contributed by atoms with Gasteiger partial charge >= 0.3 is 0 Å². The summed E-state index contributed by atoms with van der Waals surface area (Å²) in [7, 11) is 0. The first-order valence-electron chi connectivity index (χ1n) is 11.1. The fourth-order valence-electron chi connectivity index (χ4n) is 4.73. The normalized spacial score (nSPS) is 21.7. The quantitative estimate of drug-likeness (QED) is 0.644. The number of piperidine rings is 1. The SMILES string of the molecule is O=C1C[C@@H]2CCN(Cc3cc(-c4ccccc4)no3)C[C@@H]2CCOc2ccc(F)cc2N1. The summed E-state index contributed by atoms with van der Waals surface area (Å²) in [4.78, 5) is 15.0. The van der Waals surface area contributed by atoms with Gasteiger partial charge < -0.3 is 14.6 Å². The number of fused-ring (bicyclic) bond motifs is 2. The zero-order valence-electron chi connectivity index (χ0n) is 17.8. The Hall–Kier alpha value is -3.19. The van der Waals surface area contributed by atoms with E-state index >= 15 is 0 Å². The van der Waals surface area contributed by atoms with Gasteiger partial charge in [-0.1, -0.05) is 35.5 Å². The third kappa shape index (κ3) is 4.67. The molecule has 0 bridgehead atoms. The Balaban J connectivity index is 1.25. The summed E-state index contributed by atoms with van der Waals surface area (Å²) in [5.74, 6) is 1.49. The molecule has 0 aliphatic carbocycles. The second kappa shape index (κ2) is 9.12. The van der Waals surface area contributed by atoms with Gasteiger partial charge in [0, 0.05) is 30.7 Å². The second-order valence-electron chi connectivity index (χ2n) is 8.62. The van der Waals surface area contributed by atoms with Crippen LogP contribution in [0.3, 0.4) is 0 Å². The van der Waals surface area contributed by atoms with E-state index in [0.29, 0.717) is 36.9 Å². The van der Waals surface area contributed by atoms with Crippen molar-refractivity contribution in [2.24, 2.45) is 11.8 Å². The second-order valence-corrected chi connectivity index (χ2v) is 8.62. The molecule has 166 valence electrons. The molecule has 3 aromatic rings. The first-order valence-corrected chi connectivity index (χ1v) is 11.1. The van der Waals surface area contributed by atoms with Crippen LogP contribution in [0.25, 0.3) is 11.3 Å². The van der Waals surface area contributed by atoms with Gasteiger partial charge in [-0.25, -0.2) is 4.39 Å². The highest BCUT2D eigenvalue weighted by molar-refractivity contribution is 5.92. The molecule has 6 nitrogen and oxygen atoms in total. The number of nitrogens with one attached hydrogen (secondary N) is 1. The Morgan fingerprint density at radius 1 is 1.09 bits per heavy atom. The molecule has 0 spiro atoms. The lowest BCUT2D eigenvalue weighted by Gasteiger charge is -2.38. The van der Waals surface area contributed by atoms with E-state index in [4.69, 9.17) is 9.26 Å². The molecule has 0 radical (unpaired) electrons. The van der Waals surface area contributed by atoms with Gasteiger partial charge in [0.05, 0.1) is 18.8 Å². The van der Waals surface area contributed by atoms with Gasteiger partial charge in [0.15, 0.2) is 5.76 Å². The number of likely N-dealkylation sites (tertiary alicyclic amines) is 1. The number of halogens is 1. The number of anilines is 1. The number of carbonyl (C=O) groups is 1. The average molecular weight is 435 g/mol. The zero-order valence-corrected chi connectivity index (χ0v) is 17.8. The van der Waals surface area contributed by atoms with Gasteiger partial charge in [-0.05, 0) is 43.4 Å². The number of aromatic nitrogens is 1. The van der Waals surface area contributed by atoms with E-state index in [-0.39, 0.29) is 11.8 Å². The first kappa shape index (κ1) is 20.7. The van der Waals surface area contributed by atoms with Crippen LogP contribution < -0.4 is 10.1 Å². The number of hydrogen-bond donors (Lipinski definition) is 1. The Kier molecular flexibility index (Phi) is 5.90. The highest BCUT2D eigenvalue weighted by Crippen LogP contribution is 2.34. The Labute approximate surface area is 186 Å². The molecule has 1 fully saturated rings. The van der Waals surface area contributed by atoms with Crippen molar-refractivity contribution >= 4 is 11.6 Å². The molecule has 0 saturated carbocycles. The topological polar surface area (TPSA) is 67.6 Å². The standard InChI is InChI=1S/C25H26FN3O3/c26-20-6-7-24-23(13-20)27-25(30)12-18-8-10-29(15-19(18)9-11-31-24)16-21-14-22(28-32-21)17-4-2-1-3-5-17/h1-7,13-14,18-19H,8-12,15-16H2,(H,27,30)/t18-,19-/m0/s1. The molecule has 7 heteroatoms. The smallest absolute Gasteiger partial charge is 0.224 e. The minimum Gasteiger partial charge on any atom is -0.491 e. The lowest BCUT2D eigenvalue weighted by atomic mass is 9.81. The fourth-order valence-corrected chi connectivity index (χ4v) is 4.73. The van der Waals surface area contributed by atoms with Crippen molar-refractivity contribution in [2.45, 2.75) is 25.8 Å². The van der Waals surface area contributed by atoms with E-state index in [1.807, 2.05) is 36.4 Å². The molecular formula is C25H26FN3O3. The molecule has 1 saturated heterocycles. The zero-order chi connectivity index (χ0) is 21.9. The molecule has 1 amide bonds. The minimum atomic E-state index is -0.390. The predicted molar refractivity (Wildman–Crippen MR) is 119 cm³/mol. The number of amides is 1. The molecule has 2 aliphatic rings. The highest BCUT2D eigenvalue weighted by Gasteiger charge is 2.32. The lowest BCUT2D eigenvalue weighted by molar-refractivity contribution is -0.118. The molecule has 0 unspecified atom stereocenters.